The molecule has 0 bridgehead atoms. The van der Waals surface area contributed by atoms with Crippen LogP contribution in [0.4, 0.5) is 11.4 Å². The highest BCUT2D eigenvalue weighted by Gasteiger charge is 1.93. The van der Waals surface area contributed by atoms with Crippen molar-refractivity contribution in [2.24, 2.45) is 0 Å². The Morgan fingerprint density at radius 3 is 1.94 bits per heavy atom. The molecule has 0 spiro atoms. The fourth-order valence-corrected chi connectivity index (χ4v) is 1.50. The number of benzene rings is 2. The normalized spacial score (nSPS) is 10.7. The summed E-state index contributed by atoms with van der Waals surface area (Å²) >= 11 is 0. The first-order chi connectivity index (χ1) is 8.24. The molecular weight excluding hydrogens is 208 g/mol. The molecule has 0 unspecified atom stereocenters. The zero-order chi connectivity index (χ0) is 12.1. The molecule has 2 aromatic carbocycles. The Morgan fingerprint density at radius 1 is 0.824 bits per heavy atom. The Morgan fingerprint density at radius 2 is 1.35 bits per heavy atom. The van der Waals surface area contributed by atoms with Crippen LogP contribution in [-0.2, 0) is 0 Å². The van der Waals surface area contributed by atoms with Gasteiger partial charge >= 0.3 is 0 Å². The molecule has 2 N–H and O–H groups in total. The average molecular weight is 225 g/mol. The number of hydrogen-bond donors (Lipinski definition) is 2. The number of rotatable bonds is 3. The third-order valence-corrected chi connectivity index (χ3v) is 2.58. The van der Waals surface area contributed by atoms with Gasteiger partial charge in [0.1, 0.15) is 11.4 Å². The number of hydrogen-bond acceptors (Lipinski definition) is 0. The highest BCUT2D eigenvalue weighted by molar-refractivity contribution is 5.72. The molecule has 0 saturated heterocycles. The van der Waals surface area contributed by atoms with E-state index < -0.39 is 0 Å². The van der Waals surface area contributed by atoms with Gasteiger partial charge in [0, 0.05) is 0 Å². The Balaban J connectivity index is 1.97. The lowest BCUT2D eigenvalue weighted by molar-refractivity contribution is -0.347. The number of anilines is 1. The van der Waals surface area contributed by atoms with Gasteiger partial charge in [-0.25, -0.2) is 10.3 Å². The van der Waals surface area contributed by atoms with Crippen molar-refractivity contribution < 1.29 is 4.99 Å². The first-order valence-corrected chi connectivity index (χ1v) is 5.72. The maximum atomic E-state index is 3.20. The van der Waals surface area contributed by atoms with Crippen molar-refractivity contribution in [3.63, 3.8) is 0 Å². The molecule has 0 aromatic heterocycles. The smallest absolute Gasteiger partial charge is 0.240 e. The summed E-state index contributed by atoms with van der Waals surface area (Å²) < 4.78 is 0. The van der Waals surface area contributed by atoms with Gasteiger partial charge in [0.05, 0.1) is 0 Å². The molecule has 0 saturated carbocycles. The molecule has 0 radical (unpaired) electrons. The molecule has 0 heterocycles. The summed E-state index contributed by atoms with van der Waals surface area (Å²) in [6, 6.07) is 16.6. The maximum Gasteiger partial charge on any atom is 0.240 e. The van der Waals surface area contributed by atoms with Gasteiger partial charge in [0.15, 0.2) is 0 Å². The van der Waals surface area contributed by atoms with Crippen LogP contribution in [0.15, 0.2) is 48.5 Å². The zero-order valence-electron chi connectivity index (χ0n) is 10.2. The Bertz CT molecular complexity index is 495. The Kier molecular flexibility index (Phi) is 3.55. The third kappa shape index (κ3) is 3.45. The molecule has 0 fully saturated rings. The molecule has 0 aliphatic rings. The summed E-state index contributed by atoms with van der Waals surface area (Å²) in [6.45, 7) is 4.16. The van der Waals surface area contributed by atoms with Crippen LogP contribution in [0.25, 0.3) is 0 Å². The van der Waals surface area contributed by atoms with Crippen LogP contribution in [0, 0.1) is 13.8 Å². The lowest BCUT2D eigenvalue weighted by Crippen LogP contribution is -2.62. The molecule has 0 atom stereocenters. The minimum absolute atomic E-state index is 1.08. The molecule has 0 amide bonds. The molecule has 86 valence electrons. The second-order valence-electron chi connectivity index (χ2n) is 4.17. The average Bonchev–Trinajstić information content (AvgIpc) is 2.34. The topological polar surface area (TPSA) is 26.0 Å². The van der Waals surface area contributed by atoms with Gasteiger partial charge < -0.3 is 0 Å². The number of aryl methyl sites for hydroxylation is 2. The Hall–Kier alpha value is -2.09. The Labute approximate surface area is 102 Å². The van der Waals surface area contributed by atoms with E-state index in [1.807, 2.05) is 6.34 Å². The largest absolute Gasteiger partial charge is 0.247 e. The van der Waals surface area contributed by atoms with E-state index in [0.717, 1.165) is 11.4 Å². The van der Waals surface area contributed by atoms with Gasteiger partial charge in [0.2, 0.25) is 6.34 Å². The van der Waals surface area contributed by atoms with Crippen molar-refractivity contribution >= 4 is 17.7 Å². The minimum atomic E-state index is 1.08. The molecule has 2 rings (SSSR count). The molecule has 17 heavy (non-hydrogen) atoms. The monoisotopic (exact) mass is 225 g/mol. The number of nitrogens with one attached hydrogen (secondary N) is 2. The predicted molar refractivity (Wildman–Crippen MR) is 72.7 cm³/mol. The highest BCUT2D eigenvalue weighted by atomic mass is 14.9. The fraction of sp³-hybridized carbons (Fsp3) is 0.133. The van der Waals surface area contributed by atoms with Crippen molar-refractivity contribution in [1.82, 2.24) is 0 Å². The van der Waals surface area contributed by atoms with Crippen LogP contribution < -0.4 is 10.3 Å². The molecule has 2 heteroatoms. The first-order valence-electron chi connectivity index (χ1n) is 5.72. The van der Waals surface area contributed by atoms with Crippen LogP contribution in [-0.4, -0.2) is 6.34 Å². The summed E-state index contributed by atoms with van der Waals surface area (Å²) in [7, 11) is 0. The maximum absolute atomic E-state index is 3.20. The lowest BCUT2D eigenvalue weighted by atomic mass is 10.2. The minimum Gasteiger partial charge on any atom is -0.247 e. The van der Waals surface area contributed by atoms with Crippen molar-refractivity contribution in [3.05, 3.63) is 59.7 Å². The molecule has 0 aliphatic heterocycles. The van der Waals surface area contributed by atoms with Crippen molar-refractivity contribution in [1.29, 1.82) is 0 Å². The van der Waals surface area contributed by atoms with E-state index in [-0.39, 0.29) is 0 Å². The van der Waals surface area contributed by atoms with Crippen LogP contribution in [0.2, 0.25) is 0 Å². The van der Waals surface area contributed by atoms with Crippen LogP contribution in [0.3, 0.4) is 0 Å². The van der Waals surface area contributed by atoms with E-state index in [1.54, 1.807) is 0 Å². The molecule has 2 nitrogen and oxygen atoms in total. The van der Waals surface area contributed by atoms with Gasteiger partial charge in [-0.15, -0.1) is 0 Å². The third-order valence-electron chi connectivity index (χ3n) is 2.58. The van der Waals surface area contributed by atoms with Gasteiger partial charge in [0.25, 0.3) is 0 Å². The van der Waals surface area contributed by atoms with E-state index in [4.69, 9.17) is 0 Å². The van der Waals surface area contributed by atoms with Crippen molar-refractivity contribution in [2.75, 3.05) is 5.32 Å². The zero-order valence-corrected chi connectivity index (χ0v) is 10.2. The summed E-state index contributed by atoms with van der Waals surface area (Å²) in [4.78, 5) is 3.20. The van der Waals surface area contributed by atoms with E-state index in [0.29, 0.717) is 0 Å². The summed E-state index contributed by atoms with van der Waals surface area (Å²) in [5, 5.41) is 3.20. The van der Waals surface area contributed by atoms with Crippen molar-refractivity contribution in [2.45, 2.75) is 13.8 Å². The quantitative estimate of drug-likeness (QED) is 0.607. The van der Waals surface area contributed by atoms with Crippen LogP contribution in [0.1, 0.15) is 11.1 Å². The molecule has 0 aliphatic carbocycles. The predicted octanol–water partition coefficient (Wildman–Crippen LogP) is 2.16. The SMILES string of the molecule is Cc1ccc(NC=[NH+]c2ccc(C)cc2)cc1. The van der Waals surface area contributed by atoms with Crippen molar-refractivity contribution in [3.8, 4) is 0 Å². The summed E-state index contributed by atoms with van der Waals surface area (Å²) in [6.07, 6.45) is 1.84. The highest BCUT2D eigenvalue weighted by Crippen LogP contribution is 2.06. The van der Waals surface area contributed by atoms with Gasteiger partial charge in [-0.1, -0.05) is 35.4 Å². The first kappa shape index (κ1) is 11.4. The van der Waals surface area contributed by atoms with Gasteiger partial charge in [-0.05, 0) is 38.1 Å². The standard InChI is InChI=1S/C15H16N2/c1-12-3-7-14(8-4-12)16-11-17-15-9-5-13(2)6-10-15/h3-11H,1-2H3,(H,16,17)/p+1. The van der Waals surface area contributed by atoms with Crippen LogP contribution in [0.5, 0.6) is 0 Å². The fourth-order valence-electron chi connectivity index (χ4n) is 1.50. The summed E-state index contributed by atoms with van der Waals surface area (Å²) in [5.74, 6) is 0. The van der Waals surface area contributed by atoms with E-state index >= 15 is 0 Å². The summed E-state index contributed by atoms with van der Waals surface area (Å²) in [5.41, 5.74) is 4.69. The van der Waals surface area contributed by atoms with E-state index in [2.05, 4.69) is 72.7 Å². The second kappa shape index (κ2) is 5.30. The van der Waals surface area contributed by atoms with Gasteiger partial charge in [-0.3, -0.25) is 0 Å². The van der Waals surface area contributed by atoms with Gasteiger partial charge in [-0.2, -0.15) is 0 Å². The lowest BCUT2D eigenvalue weighted by Gasteiger charge is -1.95. The molecule has 2 aromatic rings. The second-order valence-corrected chi connectivity index (χ2v) is 4.17. The van der Waals surface area contributed by atoms with E-state index in [1.165, 1.54) is 11.1 Å². The van der Waals surface area contributed by atoms with E-state index in [9.17, 15) is 0 Å². The molecular formula is C15H17N2+. The van der Waals surface area contributed by atoms with Crippen LogP contribution >= 0.6 is 0 Å².